The van der Waals surface area contributed by atoms with Crippen LogP contribution in [0.4, 0.5) is 0 Å². The van der Waals surface area contributed by atoms with Gasteiger partial charge in [-0.15, -0.1) is 0 Å². The van der Waals surface area contributed by atoms with E-state index in [-0.39, 0.29) is 17.0 Å². The van der Waals surface area contributed by atoms with Gasteiger partial charge in [-0.2, -0.15) is 0 Å². The van der Waals surface area contributed by atoms with Gasteiger partial charge in [-0.05, 0) is 6.42 Å². The van der Waals surface area contributed by atoms with Gasteiger partial charge in [-0.25, -0.2) is 0 Å². The molecule has 1 heterocycles. The normalized spacial score (nSPS) is 36.0. The zero-order valence-corrected chi connectivity index (χ0v) is 9.69. The van der Waals surface area contributed by atoms with Crippen LogP contribution in [-0.2, 0) is 0 Å². The van der Waals surface area contributed by atoms with Crippen LogP contribution < -0.4 is 17.0 Å². The molecule has 0 radical (unpaired) electrons. The van der Waals surface area contributed by atoms with Crippen molar-refractivity contribution < 1.29 is 21.5 Å². The number of halogens is 1. The van der Waals surface area contributed by atoms with E-state index in [1.165, 1.54) is 24.0 Å². The van der Waals surface area contributed by atoms with Crippen molar-refractivity contribution in [1.82, 2.24) is 0 Å². The van der Waals surface area contributed by atoms with Gasteiger partial charge in [-0.1, -0.05) is 13.8 Å². The predicted octanol–water partition coefficient (Wildman–Crippen LogP) is -1.26. The van der Waals surface area contributed by atoms with Gasteiger partial charge >= 0.3 is 0 Å². The smallest absolute Gasteiger partial charge is 0.0808 e. The first-order chi connectivity index (χ1) is 4.49. The van der Waals surface area contributed by atoms with Gasteiger partial charge in [0, 0.05) is 11.8 Å². The maximum absolute atomic E-state index is 2.37. The molecule has 1 aliphatic rings. The molecule has 11 heavy (non-hydrogen) atoms. The van der Waals surface area contributed by atoms with Gasteiger partial charge in [0.05, 0.1) is 27.2 Å². The Morgan fingerprint density at radius 3 is 1.64 bits per heavy atom. The van der Waals surface area contributed by atoms with Crippen molar-refractivity contribution in [3.05, 3.63) is 0 Å². The summed E-state index contributed by atoms with van der Waals surface area (Å²) in [4.78, 5) is 0. The molecular formula is C9H20BrN. The van der Waals surface area contributed by atoms with Crippen LogP contribution in [0.25, 0.3) is 0 Å². The second kappa shape index (κ2) is 3.90. The lowest BCUT2D eigenvalue weighted by Crippen LogP contribution is -3.00. The molecule has 0 aliphatic carbocycles. The summed E-state index contributed by atoms with van der Waals surface area (Å²) < 4.78 is 1.22. The minimum absolute atomic E-state index is 0. The van der Waals surface area contributed by atoms with Crippen molar-refractivity contribution in [1.29, 1.82) is 0 Å². The molecule has 0 aromatic carbocycles. The SMILES string of the molecule is CC1CC(C)C[N+](C)(C)C1.[Br-]. The fraction of sp³-hybridized carbons (Fsp3) is 1.00. The van der Waals surface area contributed by atoms with Crippen LogP contribution >= 0.6 is 0 Å². The molecule has 0 aromatic rings. The van der Waals surface area contributed by atoms with E-state index in [0.717, 1.165) is 11.8 Å². The first-order valence-electron chi connectivity index (χ1n) is 4.31. The van der Waals surface area contributed by atoms with E-state index in [2.05, 4.69) is 27.9 Å². The molecule has 0 bridgehead atoms. The molecule has 1 aliphatic heterocycles. The number of likely N-dealkylation sites (tertiary alicyclic amines) is 1. The van der Waals surface area contributed by atoms with E-state index in [9.17, 15) is 0 Å². The number of hydrogen-bond donors (Lipinski definition) is 0. The third kappa shape index (κ3) is 3.57. The van der Waals surface area contributed by atoms with E-state index in [4.69, 9.17) is 0 Å². The Balaban J connectivity index is 0.000001000. The second-order valence-electron chi connectivity index (χ2n) is 4.75. The molecule has 0 N–H and O–H groups in total. The molecule has 2 unspecified atom stereocenters. The van der Waals surface area contributed by atoms with Crippen molar-refractivity contribution in [3.8, 4) is 0 Å². The van der Waals surface area contributed by atoms with Crippen LogP contribution in [0.5, 0.6) is 0 Å². The monoisotopic (exact) mass is 221 g/mol. The fourth-order valence-electron chi connectivity index (χ4n) is 2.60. The molecule has 2 heteroatoms. The molecule has 0 amide bonds. The summed E-state index contributed by atoms with van der Waals surface area (Å²) >= 11 is 0. The standard InChI is InChI=1S/C9H20N.BrH/c1-8-5-9(2)7-10(3,4)6-8;/h8-9H,5-7H2,1-4H3;1H/q+1;/p-1. The van der Waals surface area contributed by atoms with Gasteiger partial charge in [0.1, 0.15) is 0 Å². The predicted molar refractivity (Wildman–Crippen MR) is 44.8 cm³/mol. The van der Waals surface area contributed by atoms with Crippen LogP contribution in [0.1, 0.15) is 20.3 Å². The van der Waals surface area contributed by atoms with Crippen molar-refractivity contribution in [3.63, 3.8) is 0 Å². The Hall–Kier alpha value is 0.440. The highest BCUT2D eigenvalue weighted by Crippen LogP contribution is 2.23. The van der Waals surface area contributed by atoms with Gasteiger partial charge in [0.25, 0.3) is 0 Å². The molecule has 68 valence electrons. The molecule has 1 fully saturated rings. The molecule has 2 atom stereocenters. The average molecular weight is 222 g/mol. The van der Waals surface area contributed by atoms with Crippen molar-refractivity contribution in [2.75, 3.05) is 27.2 Å². The molecule has 0 saturated carbocycles. The zero-order valence-electron chi connectivity index (χ0n) is 8.10. The van der Waals surface area contributed by atoms with E-state index >= 15 is 0 Å². The van der Waals surface area contributed by atoms with Crippen LogP contribution in [0.15, 0.2) is 0 Å². The van der Waals surface area contributed by atoms with Crippen molar-refractivity contribution in [2.45, 2.75) is 20.3 Å². The minimum atomic E-state index is 0. The van der Waals surface area contributed by atoms with Gasteiger partial charge < -0.3 is 21.5 Å². The second-order valence-corrected chi connectivity index (χ2v) is 4.75. The summed E-state index contributed by atoms with van der Waals surface area (Å²) in [6.07, 6.45) is 1.43. The third-order valence-electron chi connectivity index (χ3n) is 2.42. The lowest BCUT2D eigenvalue weighted by atomic mass is 9.91. The summed E-state index contributed by atoms with van der Waals surface area (Å²) in [7, 11) is 4.68. The maximum Gasteiger partial charge on any atom is 0.0808 e. The molecule has 1 rings (SSSR count). The molecule has 0 spiro atoms. The van der Waals surface area contributed by atoms with E-state index in [0.29, 0.717) is 0 Å². The first-order valence-corrected chi connectivity index (χ1v) is 4.31. The highest BCUT2D eigenvalue weighted by Gasteiger charge is 2.28. The summed E-state index contributed by atoms with van der Waals surface area (Å²) in [6.45, 7) is 7.47. The fourth-order valence-corrected chi connectivity index (χ4v) is 2.60. The largest absolute Gasteiger partial charge is 1.00 e. The van der Waals surface area contributed by atoms with Gasteiger partial charge in [0.15, 0.2) is 0 Å². The Labute approximate surface area is 81.1 Å². The molecule has 1 saturated heterocycles. The number of quaternary nitrogens is 1. The summed E-state index contributed by atoms with van der Waals surface area (Å²) in [5.41, 5.74) is 0. The Morgan fingerprint density at radius 1 is 1.00 bits per heavy atom. The maximum atomic E-state index is 2.37. The third-order valence-corrected chi connectivity index (χ3v) is 2.42. The van der Waals surface area contributed by atoms with Crippen LogP contribution in [0, 0.1) is 11.8 Å². The van der Waals surface area contributed by atoms with Crippen LogP contribution in [0.2, 0.25) is 0 Å². The summed E-state index contributed by atoms with van der Waals surface area (Å²) in [6, 6.07) is 0. The average Bonchev–Trinajstić information content (AvgIpc) is 1.54. The molecule has 0 aromatic heterocycles. The van der Waals surface area contributed by atoms with Crippen LogP contribution in [-0.4, -0.2) is 31.7 Å². The zero-order chi connectivity index (χ0) is 7.78. The molecule has 1 nitrogen and oxygen atoms in total. The first kappa shape index (κ1) is 11.4. The highest BCUT2D eigenvalue weighted by atomic mass is 79.9. The Bertz CT molecular complexity index is 111. The van der Waals surface area contributed by atoms with E-state index < -0.39 is 0 Å². The van der Waals surface area contributed by atoms with Gasteiger partial charge in [0.2, 0.25) is 0 Å². The lowest BCUT2D eigenvalue weighted by Gasteiger charge is -2.40. The number of rotatable bonds is 0. The Kier molecular flexibility index (Phi) is 4.06. The van der Waals surface area contributed by atoms with Crippen molar-refractivity contribution in [2.24, 2.45) is 11.8 Å². The molecular weight excluding hydrogens is 202 g/mol. The summed E-state index contributed by atoms with van der Waals surface area (Å²) in [5.74, 6) is 1.86. The Morgan fingerprint density at radius 2 is 1.36 bits per heavy atom. The van der Waals surface area contributed by atoms with Crippen molar-refractivity contribution >= 4 is 0 Å². The summed E-state index contributed by atoms with van der Waals surface area (Å²) in [5, 5.41) is 0. The van der Waals surface area contributed by atoms with E-state index in [1.54, 1.807) is 0 Å². The number of hydrogen-bond acceptors (Lipinski definition) is 0. The van der Waals surface area contributed by atoms with Crippen LogP contribution in [0.3, 0.4) is 0 Å². The topological polar surface area (TPSA) is 0 Å². The highest BCUT2D eigenvalue weighted by molar-refractivity contribution is 4.64. The number of piperidine rings is 1. The quantitative estimate of drug-likeness (QED) is 0.449. The van der Waals surface area contributed by atoms with E-state index in [1.807, 2.05) is 0 Å². The lowest BCUT2D eigenvalue weighted by molar-refractivity contribution is -0.902. The van der Waals surface area contributed by atoms with Gasteiger partial charge in [-0.3, -0.25) is 0 Å². The number of nitrogens with zero attached hydrogens (tertiary/aromatic N) is 1. The minimum Gasteiger partial charge on any atom is -1.00 e.